The number of amides is 1. The number of benzene rings is 3. The molecule has 0 aromatic heterocycles. The van der Waals surface area contributed by atoms with E-state index < -0.39 is 24.7 Å². The largest absolute Gasteiger partial charge is 0.463 e. The van der Waals surface area contributed by atoms with E-state index in [0.29, 0.717) is 0 Å². The lowest BCUT2D eigenvalue weighted by molar-refractivity contribution is -0.138. The first-order valence-electron chi connectivity index (χ1n) is 11.9. The molecular weight excluding hydrogens is 471 g/mol. The van der Waals surface area contributed by atoms with Gasteiger partial charge in [-0.15, -0.1) is 0 Å². The molecule has 3 aromatic carbocycles. The van der Waals surface area contributed by atoms with Crippen molar-refractivity contribution in [3.8, 4) is 0 Å². The third-order valence-electron chi connectivity index (χ3n) is 5.14. The van der Waals surface area contributed by atoms with E-state index in [1.165, 1.54) is 0 Å². The third kappa shape index (κ3) is 6.96. The number of esters is 1. The molecule has 0 aliphatic rings. The van der Waals surface area contributed by atoms with Crippen LogP contribution < -0.4 is 21.2 Å². The predicted molar refractivity (Wildman–Crippen MR) is 147 cm³/mol. The molecule has 3 aromatic rings. The fourth-order valence-corrected chi connectivity index (χ4v) is 7.03. The molecule has 0 heterocycles. The van der Waals surface area contributed by atoms with Crippen LogP contribution in [0.3, 0.4) is 0 Å². The second-order valence-corrected chi connectivity index (χ2v) is 12.0. The summed E-state index contributed by atoms with van der Waals surface area (Å²) < 4.78 is 15.8. The first-order valence-corrected chi connectivity index (χ1v) is 13.6. The standard InChI is InChI=1S/C29H33N2O4P/c1-5-34-27(32)23(21-30-28(33)35-29(2,3)4)22-31-36(24-15-9-6-10-16-24,25-17-11-7-12-18-25)26-19-13-8-14-20-26/h6-20,22H,5,21H2,1-4H3,(H,30,33)/b23-22+. The van der Waals surface area contributed by atoms with E-state index in [4.69, 9.17) is 14.2 Å². The lowest BCUT2D eigenvalue weighted by Crippen LogP contribution is -2.34. The summed E-state index contributed by atoms with van der Waals surface area (Å²) in [5, 5.41) is 5.79. The van der Waals surface area contributed by atoms with Crippen LogP contribution in [-0.2, 0) is 14.3 Å². The van der Waals surface area contributed by atoms with Gasteiger partial charge >= 0.3 is 12.1 Å². The van der Waals surface area contributed by atoms with Gasteiger partial charge in [0.05, 0.1) is 25.8 Å². The van der Waals surface area contributed by atoms with Gasteiger partial charge in [0.25, 0.3) is 0 Å². The van der Waals surface area contributed by atoms with E-state index in [-0.39, 0.29) is 18.7 Å². The Balaban J connectivity index is 2.20. The van der Waals surface area contributed by atoms with Crippen molar-refractivity contribution < 1.29 is 19.1 Å². The van der Waals surface area contributed by atoms with Crippen LogP contribution in [0.15, 0.2) is 108 Å². The van der Waals surface area contributed by atoms with Gasteiger partial charge in [0.15, 0.2) is 0 Å². The van der Waals surface area contributed by atoms with Gasteiger partial charge in [-0.05, 0) is 27.7 Å². The van der Waals surface area contributed by atoms with E-state index in [1.54, 1.807) is 33.9 Å². The number of carbonyl (C=O) groups is 2. The SMILES string of the molecule is CCOC(=O)/C(=C/N=P(c1ccccc1)(c1ccccc1)c1ccccc1)CNC(=O)OC(C)(C)C. The quantitative estimate of drug-likeness (QED) is 0.262. The Bertz CT molecular complexity index is 1130. The zero-order valence-electron chi connectivity index (χ0n) is 21.2. The average Bonchev–Trinajstić information content (AvgIpc) is 2.87. The second-order valence-electron chi connectivity index (χ2n) is 8.99. The summed E-state index contributed by atoms with van der Waals surface area (Å²) in [6.45, 7) is 7.21. The summed E-state index contributed by atoms with van der Waals surface area (Å²) in [5.41, 5.74) is -0.425. The van der Waals surface area contributed by atoms with Crippen molar-refractivity contribution in [1.29, 1.82) is 0 Å². The van der Waals surface area contributed by atoms with Crippen molar-refractivity contribution in [1.82, 2.24) is 5.32 Å². The van der Waals surface area contributed by atoms with E-state index >= 15 is 0 Å². The highest BCUT2D eigenvalue weighted by atomic mass is 31.2. The van der Waals surface area contributed by atoms with E-state index in [1.807, 2.05) is 54.6 Å². The molecule has 0 radical (unpaired) electrons. The fourth-order valence-electron chi connectivity index (χ4n) is 3.61. The number of hydrogen-bond acceptors (Lipinski definition) is 5. The van der Waals surface area contributed by atoms with Crippen LogP contribution in [0.25, 0.3) is 0 Å². The van der Waals surface area contributed by atoms with Crippen molar-refractivity contribution >= 4 is 35.0 Å². The Morgan fingerprint density at radius 1 is 0.833 bits per heavy atom. The van der Waals surface area contributed by atoms with Crippen molar-refractivity contribution in [2.24, 2.45) is 4.74 Å². The van der Waals surface area contributed by atoms with E-state index in [0.717, 1.165) is 15.9 Å². The molecule has 0 aliphatic heterocycles. The molecule has 36 heavy (non-hydrogen) atoms. The first kappa shape index (κ1) is 27.0. The van der Waals surface area contributed by atoms with Crippen LogP contribution >= 0.6 is 7.05 Å². The Kier molecular flexibility index (Phi) is 9.26. The van der Waals surface area contributed by atoms with Crippen molar-refractivity contribution in [2.75, 3.05) is 13.2 Å². The number of hydrogen-bond donors (Lipinski definition) is 1. The summed E-state index contributed by atoms with van der Waals surface area (Å²) in [6.07, 6.45) is 0.934. The normalized spacial score (nSPS) is 11.9. The van der Waals surface area contributed by atoms with Gasteiger partial charge in [-0.25, -0.2) is 9.59 Å². The highest BCUT2D eigenvalue weighted by Gasteiger charge is 2.27. The minimum absolute atomic E-state index is 0.0738. The maximum Gasteiger partial charge on any atom is 0.407 e. The predicted octanol–water partition coefficient (Wildman–Crippen LogP) is 5.14. The number of ether oxygens (including phenoxy) is 2. The maximum atomic E-state index is 12.8. The van der Waals surface area contributed by atoms with Gasteiger partial charge in [-0.1, -0.05) is 91.0 Å². The van der Waals surface area contributed by atoms with Crippen molar-refractivity contribution in [3.63, 3.8) is 0 Å². The molecule has 0 aliphatic carbocycles. The molecule has 0 atom stereocenters. The van der Waals surface area contributed by atoms with E-state index in [9.17, 15) is 9.59 Å². The van der Waals surface area contributed by atoms with Gasteiger partial charge in [0.2, 0.25) is 0 Å². The van der Waals surface area contributed by atoms with Gasteiger partial charge < -0.3 is 14.8 Å². The first-order chi connectivity index (χ1) is 17.3. The number of carbonyl (C=O) groups excluding carboxylic acids is 2. The maximum absolute atomic E-state index is 12.8. The molecule has 0 saturated heterocycles. The Morgan fingerprint density at radius 3 is 1.67 bits per heavy atom. The minimum Gasteiger partial charge on any atom is -0.463 e. The van der Waals surface area contributed by atoms with Crippen molar-refractivity contribution in [3.05, 3.63) is 103 Å². The van der Waals surface area contributed by atoms with Crippen LogP contribution in [0.1, 0.15) is 27.7 Å². The van der Waals surface area contributed by atoms with Gasteiger partial charge in [0.1, 0.15) is 5.60 Å². The van der Waals surface area contributed by atoms with E-state index in [2.05, 4.69) is 41.7 Å². The summed E-state index contributed by atoms with van der Waals surface area (Å²) in [4.78, 5) is 25.1. The molecule has 0 fully saturated rings. The Morgan fingerprint density at radius 2 is 1.28 bits per heavy atom. The number of nitrogens with one attached hydrogen (secondary N) is 1. The fraction of sp³-hybridized carbons (Fsp3) is 0.241. The lowest BCUT2D eigenvalue weighted by atomic mass is 10.2. The smallest absolute Gasteiger partial charge is 0.407 e. The third-order valence-corrected chi connectivity index (χ3v) is 8.73. The topological polar surface area (TPSA) is 77.0 Å². The van der Waals surface area contributed by atoms with Crippen LogP contribution in [0.2, 0.25) is 0 Å². The van der Waals surface area contributed by atoms with Crippen LogP contribution in [-0.4, -0.2) is 30.8 Å². The highest BCUT2D eigenvalue weighted by Crippen LogP contribution is 2.46. The zero-order valence-corrected chi connectivity index (χ0v) is 22.1. The molecule has 0 bridgehead atoms. The van der Waals surface area contributed by atoms with Crippen LogP contribution in [0, 0.1) is 0 Å². The molecule has 0 saturated carbocycles. The molecule has 6 nitrogen and oxygen atoms in total. The summed E-state index contributed by atoms with van der Waals surface area (Å²) >= 11 is 0. The second kappa shape index (κ2) is 12.4. The Hall–Kier alpha value is -3.63. The van der Waals surface area contributed by atoms with Crippen LogP contribution in [0.5, 0.6) is 0 Å². The number of alkyl carbamates (subject to hydrolysis) is 1. The Labute approximate surface area is 213 Å². The molecule has 3 rings (SSSR count). The average molecular weight is 505 g/mol. The van der Waals surface area contributed by atoms with Crippen molar-refractivity contribution in [2.45, 2.75) is 33.3 Å². The molecule has 1 amide bonds. The monoisotopic (exact) mass is 504 g/mol. The summed E-state index contributed by atoms with van der Waals surface area (Å²) in [5.74, 6) is -0.537. The van der Waals surface area contributed by atoms with Gasteiger partial charge in [-0.3, -0.25) is 4.74 Å². The zero-order chi connectivity index (χ0) is 26.0. The molecular formula is C29H33N2O4P. The summed E-state index contributed by atoms with van der Waals surface area (Å²) in [7, 11) is -2.55. The number of nitrogens with zero attached hydrogens (tertiary/aromatic N) is 1. The number of rotatable bonds is 8. The van der Waals surface area contributed by atoms with Crippen LogP contribution in [0.4, 0.5) is 4.79 Å². The lowest BCUT2D eigenvalue weighted by Gasteiger charge is -2.26. The molecule has 7 heteroatoms. The molecule has 188 valence electrons. The molecule has 0 unspecified atom stereocenters. The summed E-state index contributed by atoms with van der Waals surface area (Å²) in [6, 6.07) is 30.2. The molecule has 0 spiro atoms. The van der Waals surface area contributed by atoms with Gasteiger partial charge in [-0.2, -0.15) is 0 Å². The molecule has 1 N–H and O–H groups in total. The highest BCUT2D eigenvalue weighted by molar-refractivity contribution is 7.87. The minimum atomic E-state index is -2.55. The van der Waals surface area contributed by atoms with Gasteiger partial charge in [0, 0.05) is 22.1 Å².